The van der Waals surface area contributed by atoms with E-state index in [0.29, 0.717) is 66.8 Å². The summed E-state index contributed by atoms with van der Waals surface area (Å²) in [5.41, 5.74) is 16.2. The fourth-order valence-corrected chi connectivity index (χ4v) is 4.63. The minimum absolute atomic E-state index is 0.0933. The summed E-state index contributed by atoms with van der Waals surface area (Å²) in [5, 5.41) is 3.32. The van der Waals surface area contributed by atoms with E-state index < -0.39 is 6.09 Å². The largest absolute Gasteiger partial charge is 0.499 e. The van der Waals surface area contributed by atoms with E-state index in [9.17, 15) is 9.59 Å². The van der Waals surface area contributed by atoms with Crippen LogP contribution in [0, 0.1) is 0 Å². The van der Waals surface area contributed by atoms with Gasteiger partial charge in [0.15, 0.2) is 0 Å². The first kappa shape index (κ1) is 36.2. The summed E-state index contributed by atoms with van der Waals surface area (Å²) < 4.78 is 10.6. The van der Waals surface area contributed by atoms with Crippen molar-refractivity contribution in [2.75, 3.05) is 54.2 Å². The van der Waals surface area contributed by atoms with Crippen LogP contribution in [0.5, 0.6) is 0 Å². The quantitative estimate of drug-likeness (QED) is 0.0452. The molecule has 1 aromatic heterocycles. The number of nitrogens with zero attached hydrogens (tertiary/aromatic N) is 4. The Bertz CT molecular complexity index is 1520. The molecule has 0 spiro atoms. The summed E-state index contributed by atoms with van der Waals surface area (Å²) in [6, 6.07) is 17.9. The highest BCUT2D eigenvalue weighted by Gasteiger charge is 2.21. The minimum atomic E-state index is -0.688. The molecular weight excluding hydrogens is 594 g/mol. The number of nitrogen functional groups attached to an aromatic ring is 1. The zero-order valence-corrected chi connectivity index (χ0v) is 27.7. The second-order valence-corrected chi connectivity index (χ2v) is 10.9. The van der Waals surface area contributed by atoms with Gasteiger partial charge in [-0.2, -0.15) is 4.99 Å². The lowest BCUT2D eigenvalue weighted by Crippen LogP contribution is -2.33. The summed E-state index contributed by atoms with van der Waals surface area (Å²) in [6.45, 7) is 13.8. The van der Waals surface area contributed by atoms with Gasteiger partial charge in [-0.3, -0.25) is 9.69 Å². The summed E-state index contributed by atoms with van der Waals surface area (Å²) in [5.74, 6) is 0.988. The third-order valence-corrected chi connectivity index (χ3v) is 7.36. The molecule has 47 heavy (non-hydrogen) atoms. The molecule has 11 heteroatoms. The Balaban J connectivity index is 1.59. The Kier molecular flexibility index (Phi) is 14.3. The standard InChI is InChI=1S/C36H47N7O4/c1-6-8-9-12-23-47-36(45)41-34(38)28-14-17-30(18-15-28)40-25-26(3)42(5)32-19-16-29(24-31(32)37)35(44)43(22-20-27(4)46-7-2)33-13-10-11-21-39-33/h10-11,13-19,21,24,40H,3-4,6-9,12,20,22-23,25,37H2,1-2,5H3,(H2,38,41,45). The molecule has 0 aliphatic carbocycles. The molecule has 1 heterocycles. The molecule has 3 rings (SSSR count). The molecule has 3 aromatic rings. The first-order chi connectivity index (χ1) is 22.6. The maximum atomic E-state index is 13.6. The number of pyridine rings is 1. The van der Waals surface area contributed by atoms with Gasteiger partial charge in [-0.05, 0) is 67.9 Å². The molecule has 0 radical (unpaired) electrons. The van der Waals surface area contributed by atoms with Gasteiger partial charge < -0.3 is 31.2 Å². The van der Waals surface area contributed by atoms with E-state index in [1.165, 1.54) is 0 Å². The van der Waals surface area contributed by atoms with E-state index in [2.05, 4.69) is 35.4 Å². The van der Waals surface area contributed by atoms with Crippen molar-refractivity contribution in [3.8, 4) is 0 Å². The van der Waals surface area contributed by atoms with E-state index in [0.717, 1.165) is 37.1 Å². The molecule has 5 N–H and O–H groups in total. The fourth-order valence-electron chi connectivity index (χ4n) is 4.63. The predicted octanol–water partition coefficient (Wildman–Crippen LogP) is 6.74. The number of hydrogen-bond acceptors (Lipinski definition) is 8. The lowest BCUT2D eigenvalue weighted by Gasteiger charge is -2.25. The molecule has 0 fully saturated rings. The van der Waals surface area contributed by atoms with Crippen molar-refractivity contribution in [1.82, 2.24) is 4.98 Å². The number of carbonyl (C=O) groups excluding carboxylic acids is 2. The summed E-state index contributed by atoms with van der Waals surface area (Å²) in [6.07, 6.45) is 5.47. The number of aliphatic imine (C=N–C) groups is 1. The second-order valence-electron chi connectivity index (χ2n) is 10.9. The smallest absolute Gasteiger partial charge is 0.435 e. The summed E-state index contributed by atoms with van der Waals surface area (Å²) >= 11 is 0. The maximum Gasteiger partial charge on any atom is 0.435 e. The predicted molar refractivity (Wildman–Crippen MR) is 191 cm³/mol. The number of amidine groups is 1. The molecular formula is C36H47N7O4. The molecule has 0 atom stereocenters. The Morgan fingerprint density at radius 2 is 1.72 bits per heavy atom. The van der Waals surface area contributed by atoms with Gasteiger partial charge in [0.1, 0.15) is 11.7 Å². The first-order valence-corrected chi connectivity index (χ1v) is 15.8. The summed E-state index contributed by atoms with van der Waals surface area (Å²) in [7, 11) is 1.86. The molecule has 2 aromatic carbocycles. The fraction of sp³-hybridized carbons (Fsp3) is 0.333. The average Bonchev–Trinajstić information content (AvgIpc) is 3.07. The molecule has 0 bridgehead atoms. The number of rotatable bonds is 18. The number of carbonyl (C=O) groups is 2. The van der Waals surface area contributed by atoms with Crippen LogP contribution >= 0.6 is 0 Å². The lowest BCUT2D eigenvalue weighted by molar-refractivity contribution is 0.0985. The molecule has 0 aliphatic rings. The second kappa shape index (κ2) is 18.6. The topological polar surface area (TPSA) is 148 Å². The Labute approximate surface area is 278 Å². The summed E-state index contributed by atoms with van der Waals surface area (Å²) in [4.78, 5) is 37.3. The van der Waals surface area contributed by atoms with Gasteiger partial charge in [0.05, 0.1) is 36.9 Å². The van der Waals surface area contributed by atoms with E-state index in [1.54, 1.807) is 53.6 Å². The van der Waals surface area contributed by atoms with Crippen LogP contribution in [0.25, 0.3) is 0 Å². The Morgan fingerprint density at radius 1 is 0.979 bits per heavy atom. The van der Waals surface area contributed by atoms with Crippen molar-refractivity contribution in [3.63, 3.8) is 0 Å². The SMILES string of the molecule is C=C(CCN(C(=O)c1ccc(N(C)C(=C)CNc2ccc(/C(N)=N\C(=O)OCCCCCC)cc2)c(N)c1)c1ccccn1)OCC. The average molecular weight is 642 g/mol. The van der Waals surface area contributed by atoms with Gasteiger partial charge in [-0.25, -0.2) is 9.78 Å². The highest BCUT2D eigenvalue weighted by Crippen LogP contribution is 2.27. The van der Waals surface area contributed by atoms with Crippen molar-refractivity contribution in [2.24, 2.45) is 10.7 Å². The normalized spacial score (nSPS) is 11.0. The molecule has 0 aliphatic heterocycles. The zero-order chi connectivity index (χ0) is 34.2. The highest BCUT2D eigenvalue weighted by atomic mass is 16.5. The molecule has 250 valence electrons. The van der Waals surface area contributed by atoms with Crippen LogP contribution in [-0.4, -0.2) is 56.2 Å². The van der Waals surface area contributed by atoms with E-state index in [4.69, 9.17) is 20.9 Å². The van der Waals surface area contributed by atoms with Crippen molar-refractivity contribution < 1.29 is 19.1 Å². The van der Waals surface area contributed by atoms with Gasteiger partial charge in [-0.1, -0.05) is 45.4 Å². The first-order valence-electron chi connectivity index (χ1n) is 15.8. The number of nitrogens with one attached hydrogen (secondary N) is 1. The van der Waals surface area contributed by atoms with Crippen molar-refractivity contribution >= 4 is 40.7 Å². The van der Waals surface area contributed by atoms with Crippen LogP contribution in [-0.2, 0) is 9.47 Å². The van der Waals surface area contributed by atoms with Crippen LogP contribution < -0.4 is 26.6 Å². The number of ether oxygens (including phenoxy) is 2. The van der Waals surface area contributed by atoms with Gasteiger partial charge in [0, 0.05) is 48.7 Å². The molecule has 0 saturated carbocycles. The number of hydrogen-bond donors (Lipinski definition) is 3. The van der Waals surface area contributed by atoms with E-state index in [-0.39, 0.29) is 11.7 Å². The van der Waals surface area contributed by atoms with Gasteiger partial charge in [-0.15, -0.1) is 0 Å². The number of unbranched alkanes of at least 4 members (excludes halogenated alkanes) is 3. The van der Waals surface area contributed by atoms with Crippen LogP contribution in [0.15, 0.2) is 96.5 Å². The third kappa shape index (κ3) is 11.2. The van der Waals surface area contributed by atoms with Gasteiger partial charge in [0.25, 0.3) is 5.91 Å². The van der Waals surface area contributed by atoms with E-state index >= 15 is 0 Å². The number of nitrogens with two attached hydrogens (primary N) is 2. The number of aromatic nitrogens is 1. The van der Waals surface area contributed by atoms with Crippen molar-refractivity contribution in [1.29, 1.82) is 0 Å². The van der Waals surface area contributed by atoms with E-state index in [1.807, 2.05) is 37.1 Å². The molecule has 0 unspecified atom stereocenters. The molecule has 0 saturated heterocycles. The molecule has 2 amide bonds. The number of amides is 2. The Hall–Kier alpha value is -5.32. The monoisotopic (exact) mass is 641 g/mol. The van der Waals surface area contributed by atoms with Crippen LogP contribution in [0.4, 0.5) is 27.7 Å². The lowest BCUT2D eigenvalue weighted by atomic mass is 10.1. The number of likely N-dealkylation sites (N-methyl/N-ethyl adjacent to an activating group) is 1. The van der Waals surface area contributed by atoms with Crippen LogP contribution in [0.1, 0.15) is 61.9 Å². The van der Waals surface area contributed by atoms with Crippen molar-refractivity contribution in [2.45, 2.75) is 46.0 Å². The zero-order valence-electron chi connectivity index (χ0n) is 27.7. The number of anilines is 4. The maximum absolute atomic E-state index is 13.6. The van der Waals surface area contributed by atoms with Gasteiger partial charge in [0.2, 0.25) is 0 Å². The highest BCUT2D eigenvalue weighted by molar-refractivity contribution is 6.06. The van der Waals surface area contributed by atoms with Gasteiger partial charge >= 0.3 is 6.09 Å². The van der Waals surface area contributed by atoms with Crippen molar-refractivity contribution in [3.05, 3.63) is 103 Å². The third-order valence-electron chi connectivity index (χ3n) is 7.36. The minimum Gasteiger partial charge on any atom is -0.499 e. The number of benzene rings is 2. The molecule has 11 nitrogen and oxygen atoms in total. The van der Waals surface area contributed by atoms with Crippen LogP contribution in [0.3, 0.4) is 0 Å². The van der Waals surface area contributed by atoms with Crippen LogP contribution in [0.2, 0.25) is 0 Å². The Morgan fingerprint density at radius 3 is 2.38 bits per heavy atom.